The van der Waals surface area contributed by atoms with E-state index in [1.54, 1.807) is 14.0 Å². The first-order valence-electron chi connectivity index (χ1n) is 3.91. The van der Waals surface area contributed by atoms with E-state index in [4.69, 9.17) is 9.84 Å². The zero-order chi connectivity index (χ0) is 7.98. The van der Waals surface area contributed by atoms with Gasteiger partial charge in [0.1, 0.15) is 0 Å². The molecule has 0 aromatic heterocycles. The standard InChI is InChI=1S/C8H18O2/c1-4-5-8(10-3)6-7(2)9/h7-9H,4-6H2,1-3H3. The number of methoxy groups -OCH3 is 1. The Balaban J connectivity index is 3.39. The summed E-state index contributed by atoms with van der Waals surface area (Å²) in [7, 11) is 1.70. The SMILES string of the molecule is CCCC(CC(C)O)OC. The van der Waals surface area contributed by atoms with Crippen molar-refractivity contribution in [1.82, 2.24) is 0 Å². The van der Waals surface area contributed by atoms with Crippen LogP contribution < -0.4 is 0 Å². The lowest BCUT2D eigenvalue weighted by atomic mass is 10.1. The van der Waals surface area contributed by atoms with Gasteiger partial charge in [-0.2, -0.15) is 0 Å². The van der Waals surface area contributed by atoms with Crippen molar-refractivity contribution in [3.63, 3.8) is 0 Å². The Bertz CT molecular complexity index is 71.7. The highest BCUT2D eigenvalue weighted by molar-refractivity contribution is 4.60. The Morgan fingerprint density at radius 3 is 2.40 bits per heavy atom. The lowest BCUT2D eigenvalue weighted by Gasteiger charge is -2.15. The minimum atomic E-state index is -0.239. The summed E-state index contributed by atoms with van der Waals surface area (Å²) in [5.41, 5.74) is 0. The van der Waals surface area contributed by atoms with E-state index in [9.17, 15) is 0 Å². The number of ether oxygens (including phenoxy) is 1. The van der Waals surface area contributed by atoms with Crippen LogP contribution in [0.15, 0.2) is 0 Å². The summed E-state index contributed by atoms with van der Waals surface area (Å²) in [5, 5.41) is 9.00. The molecular weight excluding hydrogens is 128 g/mol. The number of hydrogen-bond acceptors (Lipinski definition) is 2. The first-order chi connectivity index (χ1) is 4.70. The van der Waals surface area contributed by atoms with E-state index in [0.29, 0.717) is 0 Å². The molecule has 0 aliphatic rings. The highest BCUT2D eigenvalue weighted by Crippen LogP contribution is 2.07. The molecule has 0 saturated heterocycles. The van der Waals surface area contributed by atoms with Gasteiger partial charge in [-0.05, 0) is 19.8 Å². The van der Waals surface area contributed by atoms with Crippen molar-refractivity contribution in [2.75, 3.05) is 7.11 Å². The van der Waals surface area contributed by atoms with Gasteiger partial charge in [-0.3, -0.25) is 0 Å². The molecule has 0 radical (unpaired) electrons. The van der Waals surface area contributed by atoms with Gasteiger partial charge in [-0.1, -0.05) is 13.3 Å². The molecule has 0 aliphatic heterocycles. The summed E-state index contributed by atoms with van der Waals surface area (Å²) in [6, 6.07) is 0. The van der Waals surface area contributed by atoms with Crippen molar-refractivity contribution < 1.29 is 9.84 Å². The first kappa shape index (κ1) is 9.92. The molecule has 0 rings (SSSR count). The van der Waals surface area contributed by atoms with Gasteiger partial charge < -0.3 is 9.84 Å². The molecule has 0 saturated carbocycles. The summed E-state index contributed by atoms with van der Waals surface area (Å²) in [4.78, 5) is 0. The predicted molar refractivity (Wildman–Crippen MR) is 42.0 cm³/mol. The topological polar surface area (TPSA) is 29.5 Å². The molecule has 0 aromatic carbocycles. The molecule has 1 N–H and O–H groups in total. The second-order valence-electron chi connectivity index (χ2n) is 2.73. The fraction of sp³-hybridized carbons (Fsp3) is 1.00. The molecule has 0 amide bonds. The first-order valence-corrected chi connectivity index (χ1v) is 3.91. The summed E-state index contributed by atoms with van der Waals surface area (Å²) >= 11 is 0. The Morgan fingerprint density at radius 2 is 2.10 bits per heavy atom. The smallest absolute Gasteiger partial charge is 0.0595 e. The fourth-order valence-electron chi connectivity index (χ4n) is 1.03. The van der Waals surface area contributed by atoms with Gasteiger partial charge in [0.2, 0.25) is 0 Å². The van der Waals surface area contributed by atoms with E-state index in [2.05, 4.69) is 6.92 Å². The fourth-order valence-corrected chi connectivity index (χ4v) is 1.03. The van der Waals surface area contributed by atoms with Crippen LogP contribution >= 0.6 is 0 Å². The van der Waals surface area contributed by atoms with Gasteiger partial charge in [-0.25, -0.2) is 0 Å². The molecule has 0 aliphatic carbocycles. The average Bonchev–Trinajstić information content (AvgIpc) is 1.86. The van der Waals surface area contributed by atoms with Gasteiger partial charge in [0.15, 0.2) is 0 Å². The van der Waals surface area contributed by atoms with Crippen LogP contribution in [0.5, 0.6) is 0 Å². The minimum Gasteiger partial charge on any atom is -0.393 e. The second-order valence-corrected chi connectivity index (χ2v) is 2.73. The zero-order valence-electron chi connectivity index (χ0n) is 7.13. The van der Waals surface area contributed by atoms with Crippen LogP contribution in [-0.2, 0) is 4.74 Å². The van der Waals surface area contributed by atoms with Crippen LogP contribution in [0.4, 0.5) is 0 Å². The third-order valence-electron chi connectivity index (χ3n) is 1.55. The maximum Gasteiger partial charge on any atom is 0.0595 e. The van der Waals surface area contributed by atoms with Crippen molar-refractivity contribution in [3.8, 4) is 0 Å². The van der Waals surface area contributed by atoms with Crippen molar-refractivity contribution in [1.29, 1.82) is 0 Å². The largest absolute Gasteiger partial charge is 0.393 e. The molecule has 0 bridgehead atoms. The van der Waals surface area contributed by atoms with Crippen molar-refractivity contribution in [2.45, 2.75) is 45.3 Å². The number of hydrogen-bond donors (Lipinski definition) is 1. The van der Waals surface area contributed by atoms with E-state index < -0.39 is 0 Å². The van der Waals surface area contributed by atoms with E-state index in [1.807, 2.05) is 0 Å². The molecule has 2 heteroatoms. The van der Waals surface area contributed by atoms with Crippen LogP contribution in [0.1, 0.15) is 33.1 Å². The number of aliphatic hydroxyl groups excluding tert-OH is 1. The van der Waals surface area contributed by atoms with Crippen molar-refractivity contribution in [3.05, 3.63) is 0 Å². The Hall–Kier alpha value is -0.0800. The van der Waals surface area contributed by atoms with Gasteiger partial charge in [0.25, 0.3) is 0 Å². The molecular formula is C8H18O2. The normalized spacial score (nSPS) is 16.8. The van der Waals surface area contributed by atoms with E-state index in [1.165, 1.54) is 0 Å². The maximum absolute atomic E-state index is 9.00. The van der Waals surface area contributed by atoms with Crippen LogP contribution in [0.25, 0.3) is 0 Å². The lowest BCUT2D eigenvalue weighted by Crippen LogP contribution is -2.16. The van der Waals surface area contributed by atoms with Gasteiger partial charge in [0.05, 0.1) is 12.2 Å². The third-order valence-corrected chi connectivity index (χ3v) is 1.55. The number of rotatable bonds is 5. The molecule has 0 fully saturated rings. The monoisotopic (exact) mass is 146 g/mol. The van der Waals surface area contributed by atoms with Crippen LogP contribution in [-0.4, -0.2) is 24.4 Å². The van der Waals surface area contributed by atoms with Gasteiger partial charge in [-0.15, -0.1) is 0 Å². The quantitative estimate of drug-likeness (QED) is 0.638. The minimum absolute atomic E-state index is 0.239. The van der Waals surface area contributed by atoms with Gasteiger partial charge >= 0.3 is 0 Å². The van der Waals surface area contributed by atoms with Crippen molar-refractivity contribution in [2.24, 2.45) is 0 Å². The van der Waals surface area contributed by atoms with E-state index >= 15 is 0 Å². The summed E-state index contributed by atoms with van der Waals surface area (Å²) in [5.74, 6) is 0. The summed E-state index contributed by atoms with van der Waals surface area (Å²) in [6.07, 6.45) is 2.92. The maximum atomic E-state index is 9.00. The zero-order valence-corrected chi connectivity index (χ0v) is 7.13. The summed E-state index contributed by atoms with van der Waals surface area (Å²) < 4.78 is 5.14. The number of aliphatic hydroxyl groups is 1. The molecule has 62 valence electrons. The average molecular weight is 146 g/mol. The Labute approximate surface area is 63.2 Å². The third kappa shape index (κ3) is 4.77. The molecule has 2 unspecified atom stereocenters. The van der Waals surface area contributed by atoms with Crippen molar-refractivity contribution >= 4 is 0 Å². The van der Waals surface area contributed by atoms with Crippen LogP contribution in [0.3, 0.4) is 0 Å². The Morgan fingerprint density at radius 1 is 1.50 bits per heavy atom. The second kappa shape index (κ2) is 5.69. The Kier molecular flexibility index (Phi) is 5.64. The van der Waals surface area contributed by atoms with Crippen LogP contribution in [0, 0.1) is 0 Å². The summed E-state index contributed by atoms with van der Waals surface area (Å²) in [6.45, 7) is 3.91. The van der Waals surface area contributed by atoms with Crippen LogP contribution in [0.2, 0.25) is 0 Å². The highest BCUT2D eigenvalue weighted by Gasteiger charge is 2.08. The molecule has 2 atom stereocenters. The van der Waals surface area contributed by atoms with E-state index in [0.717, 1.165) is 19.3 Å². The van der Waals surface area contributed by atoms with E-state index in [-0.39, 0.29) is 12.2 Å². The lowest BCUT2D eigenvalue weighted by molar-refractivity contribution is 0.0460. The molecule has 10 heavy (non-hydrogen) atoms. The molecule has 0 spiro atoms. The molecule has 0 heterocycles. The highest BCUT2D eigenvalue weighted by atomic mass is 16.5. The molecule has 0 aromatic rings. The van der Waals surface area contributed by atoms with Gasteiger partial charge in [0, 0.05) is 7.11 Å². The molecule has 2 nitrogen and oxygen atoms in total. The predicted octanol–water partition coefficient (Wildman–Crippen LogP) is 1.57.